The molecule has 1 heterocycles. The highest BCUT2D eigenvalue weighted by molar-refractivity contribution is 7.98. The van der Waals surface area contributed by atoms with Gasteiger partial charge in [-0.15, -0.1) is 11.8 Å². The summed E-state index contributed by atoms with van der Waals surface area (Å²) in [7, 11) is 1.80. The summed E-state index contributed by atoms with van der Waals surface area (Å²) in [5.41, 5.74) is 0.381. The maximum Gasteiger partial charge on any atom is 0.156 e. The van der Waals surface area contributed by atoms with Gasteiger partial charge in [-0.2, -0.15) is 5.10 Å². The van der Waals surface area contributed by atoms with Gasteiger partial charge in [0.05, 0.1) is 11.6 Å². The van der Waals surface area contributed by atoms with Crippen molar-refractivity contribution in [2.24, 2.45) is 0 Å². The van der Waals surface area contributed by atoms with Crippen LogP contribution in [0, 0.1) is 5.41 Å². The minimum atomic E-state index is 0.381. The first-order valence-corrected chi connectivity index (χ1v) is 5.30. The van der Waals surface area contributed by atoms with E-state index in [-0.39, 0.29) is 0 Å². The Labute approximate surface area is 85.8 Å². The van der Waals surface area contributed by atoms with Gasteiger partial charge in [-0.25, -0.2) is 4.68 Å². The normalized spacial score (nSPS) is 10.4. The van der Waals surface area contributed by atoms with Crippen molar-refractivity contribution in [3.05, 3.63) is 16.7 Å². The molecular formula is C7H11ClN4S. The quantitative estimate of drug-likeness (QED) is 0.742. The molecule has 1 aromatic rings. The molecule has 1 rings (SSSR count). The van der Waals surface area contributed by atoms with Crippen LogP contribution in [0.4, 0.5) is 0 Å². The number of nitrogens with one attached hydrogen (secondary N) is 2. The molecule has 0 aliphatic carbocycles. The van der Waals surface area contributed by atoms with E-state index in [0.29, 0.717) is 17.3 Å². The molecule has 0 unspecified atom stereocenters. The van der Waals surface area contributed by atoms with Crippen LogP contribution in [0.3, 0.4) is 0 Å². The summed E-state index contributed by atoms with van der Waals surface area (Å²) < 4.78 is 1.52. The van der Waals surface area contributed by atoms with Gasteiger partial charge in [0, 0.05) is 0 Å². The predicted molar refractivity (Wildman–Crippen MR) is 53.9 cm³/mol. The lowest BCUT2D eigenvalue weighted by molar-refractivity contribution is 0.506. The molecular weight excluding hydrogens is 208 g/mol. The van der Waals surface area contributed by atoms with Gasteiger partial charge in [0.2, 0.25) is 0 Å². The molecule has 0 radical (unpaired) electrons. The second-order valence-corrected chi connectivity index (χ2v) is 3.63. The number of nitrogens with zero attached hydrogens (tertiary/aromatic N) is 2. The summed E-state index contributed by atoms with van der Waals surface area (Å²) in [6.45, 7) is 0.493. The van der Waals surface area contributed by atoms with Gasteiger partial charge in [-0.1, -0.05) is 11.6 Å². The lowest BCUT2D eigenvalue weighted by Crippen LogP contribution is -2.29. The van der Waals surface area contributed by atoms with Crippen LogP contribution in [-0.4, -0.2) is 23.1 Å². The van der Waals surface area contributed by atoms with Gasteiger partial charge in [0.15, 0.2) is 10.6 Å². The third-order valence-corrected chi connectivity index (χ3v) is 2.42. The van der Waals surface area contributed by atoms with Crippen molar-refractivity contribution >= 4 is 23.4 Å². The number of hydrogen-bond donors (Lipinski definition) is 2. The van der Waals surface area contributed by atoms with Gasteiger partial charge >= 0.3 is 0 Å². The maximum absolute atomic E-state index is 7.73. The highest BCUT2D eigenvalue weighted by Crippen LogP contribution is 2.12. The van der Waals surface area contributed by atoms with Crippen molar-refractivity contribution in [1.29, 1.82) is 5.41 Å². The largest absolute Gasteiger partial charge is 0.301 e. The third-order valence-electron chi connectivity index (χ3n) is 1.49. The molecule has 1 aromatic heterocycles. The van der Waals surface area contributed by atoms with Gasteiger partial charge in [-0.05, 0) is 19.4 Å². The summed E-state index contributed by atoms with van der Waals surface area (Å²) in [4.78, 5) is 0.829. The SMILES string of the molecule is CNCn1nc(Cl)cc(SC)c1=N. The summed E-state index contributed by atoms with van der Waals surface area (Å²) in [6, 6.07) is 1.70. The van der Waals surface area contributed by atoms with E-state index in [1.54, 1.807) is 13.1 Å². The van der Waals surface area contributed by atoms with Crippen LogP contribution in [0.1, 0.15) is 0 Å². The average Bonchev–Trinajstić information content (AvgIpc) is 2.11. The Balaban J connectivity index is 3.19. The first-order valence-electron chi connectivity index (χ1n) is 3.70. The Kier molecular flexibility index (Phi) is 3.77. The number of halogens is 1. The van der Waals surface area contributed by atoms with Crippen LogP contribution in [0.2, 0.25) is 5.15 Å². The third kappa shape index (κ3) is 2.46. The smallest absolute Gasteiger partial charge is 0.156 e. The van der Waals surface area contributed by atoms with Gasteiger partial charge in [-0.3, -0.25) is 5.41 Å². The molecule has 0 saturated carbocycles. The van der Waals surface area contributed by atoms with E-state index in [4.69, 9.17) is 17.0 Å². The second-order valence-electron chi connectivity index (χ2n) is 2.40. The summed E-state index contributed by atoms with van der Waals surface area (Å²) >= 11 is 7.27. The van der Waals surface area contributed by atoms with Crippen molar-refractivity contribution in [3.63, 3.8) is 0 Å². The van der Waals surface area contributed by atoms with E-state index in [9.17, 15) is 0 Å². The summed E-state index contributed by atoms with van der Waals surface area (Å²) in [5, 5.41) is 15.0. The molecule has 0 aliphatic rings. The van der Waals surface area contributed by atoms with Crippen LogP contribution in [0.25, 0.3) is 0 Å². The highest BCUT2D eigenvalue weighted by Gasteiger charge is 2.01. The molecule has 0 aromatic carbocycles. The Morgan fingerprint density at radius 1 is 1.77 bits per heavy atom. The monoisotopic (exact) mass is 218 g/mol. The minimum absolute atomic E-state index is 0.381. The van der Waals surface area contributed by atoms with Crippen LogP contribution in [-0.2, 0) is 6.67 Å². The first kappa shape index (κ1) is 10.6. The molecule has 72 valence electrons. The lowest BCUT2D eigenvalue weighted by Gasteiger charge is -2.07. The van der Waals surface area contributed by atoms with E-state index in [0.717, 1.165) is 4.90 Å². The topological polar surface area (TPSA) is 53.7 Å². The Morgan fingerprint density at radius 2 is 2.46 bits per heavy atom. The van der Waals surface area contributed by atoms with Gasteiger partial charge in [0.1, 0.15) is 0 Å². The number of rotatable bonds is 3. The molecule has 6 heteroatoms. The zero-order valence-electron chi connectivity index (χ0n) is 7.47. The molecule has 2 N–H and O–H groups in total. The molecule has 13 heavy (non-hydrogen) atoms. The van der Waals surface area contributed by atoms with Gasteiger partial charge < -0.3 is 5.32 Å². The number of thioether (sulfide) groups is 1. The Hall–Kier alpha value is -0.520. The van der Waals surface area contributed by atoms with Crippen molar-refractivity contribution in [1.82, 2.24) is 15.1 Å². The Morgan fingerprint density at radius 3 is 3.00 bits per heavy atom. The Bertz CT molecular complexity index is 349. The van der Waals surface area contributed by atoms with Crippen molar-refractivity contribution < 1.29 is 0 Å². The van der Waals surface area contributed by atoms with E-state index in [1.165, 1.54) is 16.4 Å². The minimum Gasteiger partial charge on any atom is -0.301 e. The fraction of sp³-hybridized carbons (Fsp3) is 0.429. The molecule has 0 amide bonds. The van der Waals surface area contributed by atoms with Crippen LogP contribution in [0.5, 0.6) is 0 Å². The fourth-order valence-electron chi connectivity index (χ4n) is 0.918. The van der Waals surface area contributed by atoms with Crippen molar-refractivity contribution in [3.8, 4) is 0 Å². The molecule has 4 nitrogen and oxygen atoms in total. The summed E-state index contributed by atoms with van der Waals surface area (Å²) in [6.07, 6.45) is 1.91. The van der Waals surface area contributed by atoms with E-state index in [1.807, 2.05) is 6.26 Å². The van der Waals surface area contributed by atoms with Gasteiger partial charge in [0.25, 0.3) is 0 Å². The van der Waals surface area contributed by atoms with Crippen LogP contribution < -0.4 is 10.8 Å². The molecule has 0 atom stereocenters. The second kappa shape index (κ2) is 4.64. The molecule has 0 saturated heterocycles. The van der Waals surface area contributed by atoms with Crippen molar-refractivity contribution in [2.45, 2.75) is 11.6 Å². The molecule has 0 bridgehead atoms. The maximum atomic E-state index is 7.73. The zero-order valence-corrected chi connectivity index (χ0v) is 9.04. The molecule has 0 spiro atoms. The molecule has 0 aliphatic heterocycles. The van der Waals surface area contributed by atoms with Crippen LogP contribution in [0.15, 0.2) is 11.0 Å². The fourth-order valence-corrected chi connectivity index (χ4v) is 1.71. The van der Waals surface area contributed by atoms with Crippen molar-refractivity contribution in [2.75, 3.05) is 13.3 Å². The van der Waals surface area contributed by atoms with E-state index in [2.05, 4.69) is 10.4 Å². The highest BCUT2D eigenvalue weighted by atomic mass is 35.5. The molecule has 0 fully saturated rings. The number of hydrogen-bond acceptors (Lipinski definition) is 4. The number of aromatic nitrogens is 2. The van der Waals surface area contributed by atoms with E-state index < -0.39 is 0 Å². The van der Waals surface area contributed by atoms with E-state index >= 15 is 0 Å². The standard InChI is InChI=1S/C7H11ClN4S/c1-10-4-12-7(9)5(13-2)3-6(8)11-12/h3,9-10H,4H2,1-2H3. The van der Waals surface area contributed by atoms with Crippen LogP contribution >= 0.6 is 23.4 Å². The summed E-state index contributed by atoms with van der Waals surface area (Å²) in [5.74, 6) is 0. The average molecular weight is 219 g/mol. The predicted octanol–water partition coefficient (Wildman–Crippen LogP) is 0.915. The first-order chi connectivity index (χ1) is 6.19. The lowest BCUT2D eigenvalue weighted by atomic mass is 10.5. The zero-order chi connectivity index (χ0) is 9.84.